The maximum absolute atomic E-state index is 12.8. The molecule has 0 aliphatic carbocycles. The largest absolute Gasteiger partial charge is 0.472 e. The normalized spacial score (nSPS) is 15.1. The number of unbranched alkanes of at least 4 members (excludes halogenated alkanes) is 23. The van der Waals surface area contributed by atoms with E-state index in [2.05, 4.69) is 19.2 Å². The Morgan fingerprint density at radius 3 is 1.61 bits per heavy atom. The maximum atomic E-state index is 12.8. The second kappa shape index (κ2) is 35.3. The lowest BCUT2D eigenvalue weighted by Crippen LogP contribution is -2.49. The zero-order valence-electron chi connectivity index (χ0n) is 31.5. The lowest BCUT2D eigenvalue weighted by atomic mass is 10.0. The van der Waals surface area contributed by atoms with Crippen LogP contribution in [-0.2, 0) is 18.4 Å². The zero-order valence-corrected chi connectivity index (χ0v) is 32.4. The average Bonchev–Trinajstić information content (AvgIpc) is 3.09. The number of nitrogens with one attached hydrogen (secondary N) is 1. The van der Waals surface area contributed by atoms with Crippen molar-refractivity contribution >= 4 is 13.7 Å². The van der Waals surface area contributed by atoms with Gasteiger partial charge in [0.2, 0.25) is 5.91 Å². The number of carbonyl (C=O) groups is 1. The molecule has 0 radical (unpaired) electrons. The molecule has 0 rings (SSSR count). The highest BCUT2D eigenvalue weighted by molar-refractivity contribution is 7.47. The van der Waals surface area contributed by atoms with Crippen LogP contribution in [0.15, 0.2) is 24.3 Å². The minimum absolute atomic E-state index is 0.0378. The Balaban J connectivity index is 4.32. The van der Waals surface area contributed by atoms with Gasteiger partial charge in [-0.25, -0.2) is 4.57 Å². The fourth-order valence-corrected chi connectivity index (χ4v) is 6.54. The topological polar surface area (TPSA) is 151 Å². The van der Waals surface area contributed by atoms with Crippen LogP contribution in [-0.4, -0.2) is 59.0 Å². The summed E-state index contributed by atoms with van der Waals surface area (Å²) in [7, 11) is -4.42. The summed E-state index contributed by atoms with van der Waals surface area (Å²) in [4.78, 5) is 22.7. The Labute approximate surface area is 300 Å². The zero-order chi connectivity index (χ0) is 36.3. The van der Waals surface area contributed by atoms with Gasteiger partial charge in [-0.15, -0.1) is 0 Å². The SMILES string of the molecule is CCCCCCCC/C=C/C=C/[C@@H](O)[C@H](COP(=O)(O)OCCN)NC(=O)C(O)CCCCCCCCCCCCCCCCCCCC. The number of amides is 1. The third-order valence-electron chi connectivity index (χ3n) is 8.94. The van der Waals surface area contributed by atoms with Gasteiger partial charge in [-0.2, -0.15) is 0 Å². The minimum atomic E-state index is -4.42. The number of phosphoric ester groups is 1. The van der Waals surface area contributed by atoms with Crippen LogP contribution in [0.25, 0.3) is 0 Å². The van der Waals surface area contributed by atoms with E-state index in [0.29, 0.717) is 6.42 Å². The van der Waals surface area contributed by atoms with Gasteiger partial charge in [-0.3, -0.25) is 13.8 Å². The maximum Gasteiger partial charge on any atom is 0.472 e. The van der Waals surface area contributed by atoms with Crippen molar-refractivity contribution in [3.63, 3.8) is 0 Å². The number of allylic oxidation sites excluding steroid dienone is 3. The molecule has 0 saturated heterocycles. The molecular weight excluding hydrogens is 639 g/mol. The van der Waals surface area contributed by atoms with Crippen LogP contribution >= 0.6 is 7.82 Å². The van der Waals surface area contributed by atoms with E-state index in [9.17, 15) is 24.5 Å². The second-order valence-corrected chi connectivity index (χ2v) is 15.1. The molecule has 0 heterocycles. The first-order valence-electron chi connectivity index (χ1n) is 20.1. The molecule has 1 amide bonds. The third-order valence-corrected chi connectivity index (χ3v) is 9.93. The van der Waals surface area contributed by atoms with E-state index < -0.39 is 38.6 Å². The standard InChI is InChI=1S/C39H77N2O7P/c1-3-5-7-9-11-13-15-16-17-18-19-20-21-22-24-26-28-30-32-38(43)39(44)41-36(35-48-49(45,46)47-34-33-40)37(42)31-29-27-25-23-14-12-10-8-6-4-2/h25,27,29,31,36-38,42-43H,3-24,26,28,30,32-35,40H2,1-2H3,(H,41,44)(H,45,46)/b27-25+,31-29+/t36-,37+,38?/m0/s1. The molecule has 0 fully saturated rings. The Morgan fingerprint density at radius 2 is 1.14 bits per heavy atom. The number of carbonyl (C=O) groups excluding carboxylic acids is 1. The number of nitrogens with two attached hydrogens (primary N) is 1. The van der Waals surface area contributed by atoms with Crippen LogP contribution in [0.3, 0.4) is 0 Å². The molecule has 0 aromatic rings. The Morgan fingerprint density at radius 1 is 0.694 bits per heavy atom. The van der Waals surface area contributed by atoms with Gasteiger partial charge >= 0.3 is 7.82 Å². The van der Waals surface area contributed by atoms with Gasteiger partial charge in [0.05, 0.1) is 25.4 Å². The van der Waals surface area contributed by atoms with E-state index in [0.717, 1.165) is 32.1 Å². The Bertz CT molecular complexity index is 842. The molecule has 290 valence electrons. The summed E-state index contributed by atoms with van der Waals surface area (Å²) in [6.45, 7) is 3.85. The summed E-state index contributed by atoms with van der Waals surface area (Å²) >= 11 is 0. The fraction of sp³-hybridized carbons (Fsp3) is 0.872. The van der Waals surface area contributed by atoms with Crippen molar-refractivity contribution in [2.75, 3.05) is 19.8 Å². The molecule has 0 aromatic heterocycles. The van der Waals surface area contributed by atoms with Crippen LogP contribution < -0.4 is 11.1 Å². The van der Waals surface area contributed by atoms with Crippen molar-refractivity contribution in [1.82, 2.24) is 5.32 Å². The molecule has 0 spiro atoms. The number of aliphatic hydroxyl groups excluding tert-OH is 2. The highest BCUT2D eigenvalue weighted by Crippen LogP contribution is 2.43. The summed E-state index contributed by atoms with van der Waals surface area (Å²) < 4.78 is 21.9. The molecule has 49 heavy (non-hydrogen) atoms. The quantitative estimate of drug-likeness (QED) is 0.0242. The molecule has 6 N–H and O–H groups in total. The van der Waals surface area contributed by atoms with Crippen molar-refractivity contribution in [3.05, 3.63) is 24.3 Å². The van der Waals surface area contributed by atoms with Gasteiger partial charge < -0.3 is 26.2 Å². The van der Waals surface area contributed by atoms with Gasteiger partial charge in [0, 0.05) is 6.54 Å². The molecule has 0 saturated carbocycles. The fourth-order valence-electron chi connectivity index (χ4n) is 5.78. The van der Waals surface area contributed by atoms with Gasteiger partial charge in [0.1, 0.15) is 6.10 Å². The lowest BCUT2D eigenvalue weighted by molar-refractivity contribution is -0.131. The molecule has 4 atom stereocenters. The van der Waals surface area contributed by atoms with E-state index >= 15 is 0 Å². The van der Waals surface area contributed by atoms with Crippen LogP contribution in [0.1, 0.15) is 181 Å². The highest BCUT2D eigenvalue weighted by atomic mass is 31.2. The van der Waals surface area contributed by atoms with E-state index in [4.69, 9.17) is 14.8 Å². The van der Waals surface area contributed by atoms with Crippen LogP contribution in [0.2, 0.25) is 0 Å². The summed E-state index contributed by atoms with van der Waals surface area (Å²) in [6, 6.07) is -1.06. The van der Waals surface area contributed by atoms with Gasteiger partial charge in [0.15, 0.2) is 0 Å². The molecule has 0 aliphatic rings. The Hall–Kier alpha value is -1.06. The molecule has 0 aromatic carbocycles. The average molecular weight is 717 g/mol. The highest BCUT2D eigenvalue weighted by Gasteiger charge is 2.28. The molecular formula is C39H77N2O7P. The van der Waals surface area contributed by atoms with E-state index in [-0.39, 0.29) is 13.2 Å². The van der Waals surface area contributed by atoms with Crippen molar-refractivity contribution < 1.29 is 33.5 Å². The summed E-state index contributed by atoms with van der Waals surface area (Å²) in [5.74, 6) is -0.651. The van der Waals surface area contributed by atoms with Crippen LogP contribution in [0, 0.1) is 0 Å². The predicted octanol–water partition coefficient (Wildman–Crippen LogP) is 9.58. The van der Waals surface area contributed by atoms with Crippen molar-refractivity contribution in [1.29, 1.82) is 0 Å². The third kappa shape index (κ3) is 32.6. The van der Waals surface area contributed by atoms with Crippen molar-refractivity contribution in [2.24, 2.45) is 5.73 Å². The van der Waals surface area contributed by atoms with Crippen molar-refractivity contribution in [2.45, 2.75) is 199 Å². The molecule has 9 nitrogen and oxygen atoms in total. The molecule has 2 unspecified atom stereocenters. The molecule has 10 heteroatoms. The smallest absolute Gasteiger partial charge is 0.387 e. The summed E-state index contributed by atoms with van der Waals surface area (Å²) in [6.07, 6.45) is 36.0. The molecule has 0 bridgehead atoms. The number of hydrogen-bond donors (Lipinski definition) is 5. The van der Waals surface area contributed by atoms with Gasteiger partial charge in [-0.05, 0) is 19.3 Å². The first-order valence-corrected chi connectivity index (χ1v) is 21.6. The summed E-state index contributed by atoms with van der Waals surface area (Å²) in [5.41, 5.74) is 5.33. The predicted molar refractivity (Wildman–Crippen MR) is 204 cm³/mol. The molecule has 0 aliphatic heterocycles. The van der Waals surface area contributed by atoms with Gasteiger partial charge in [0.25, 0.3) is 0 Å². The first kappa shape index (κ1) is 47.9. The number of aliphatic hydroxyl groups is 2. The van der Waals surface area contributed by atoms with Gasteiger partial charge in [-0.1, -0.05) is 186 Å². The van der Waals surface area contributed by atoms with E-state index in [1.807, 2.05) is 12.2 Å². The van der Waals surface area contributed by atoms with Crippen LogP contribution in [0.5, 0.6) is 0 Å². The first-order chi connectivity index (χ1) is 23.8. The van der Waals surface area contributed by atoms with E-state index in [1.54, 1.807) is 6.08 Å². The second-order valence-electron chi connectivity index (χ2n) is 13.7. The minimum Gasteiger partial charge on any atom is -0.387 e. The van der Waals surface area contributed by atoms with Crippen molar-refractivity contribution in [3.8, 4) is 0 Å². The van der Waals surface area contributed by atoms with E-state index in [1.165, 1.54) is 134 Å². The summed E-state index contributed by atoms with van der Waals surface area (Å²) in [5, 5.41) is 23.8. The van der Waals surface area contributed by atoms with Crippen LogP contribution in [0.4, 0.5) is 0 Å². The number of rotatable bonds is 37. The monoisotopic (exact) mass is 717 g/mol. The number of phosphoric acid groups is 1. The number of hydrogen-bond acceptors (Lipinski definition) is 7. The lowest BCUT2D eigenvalue weighted by Gasteiger charge is -2.24. The Kier molecular flexibility index (Phi) is 34.6.